The van der Waals surface area contributed by atoms with Crippen LogP contribution < -0.4 is 0 Å². The molecule has 2 heteroatoms. The van der Waals surface area contributed by atoms with Crippen molar-refractivity contribution in [2.45, 2.75) is 20.8 Å². The Morgan fingerprint density at radius 2 is 1.95 bits per heavy atom. The Labute approximate surface area is 119 Å². The van der Waals surface area contributed by atoms with Crippen LogP contribution in [0.5, 0.6) is 0 Å². The van der Waals surface area contributed by atoms with Crippen molar-refractivity contribution in [2.24, 2.45) is 0 Å². The zero-order valence-electron chi connectivity index (χ0n) is 12.1. The van der Waals surface area contributed by atoms with E-state index in [0.717, 1.165) is 5.82 Å². The zero-order valence-corrected chi connectivity index (χ0v) is 12.1. The average molecular weight is 262 g/mol. The van der Waals surface area contributed by atoms with Gasteiger partial charge in [-0.25, -0.2) is 4.98 Å². The maximum atomic E-state index is 4.47. The topological polar surface area (TPSA) is 17.8 Å². The molecule has 20 heavy (non-hydrogen) atoms. The molecule has 0 atom stereocenters. The van der Waals surface area contributed by atoms with Crippen molar-refractivity contribution in [1.29, 1.82) is 0 Å². The number of rotatable bonds is 2. The minimum Gasteiger partial charge on any atom is -0.300 e. The van der Waals surface area contributed by atoms with E-state index >= 15 is 0 Å². The van der Waals surface area contributed by atoms with Crippen LogP contribution in [0.2, 0.25) is 0 Å². The molecule has 3 rings (SSSR count). The molecule has 0 aliphatic heterocycles. The molecule has 0 saturated heterocycles. The number of para-hydroxylation sites is 1. The van der Waals surface area contributed by atoms with Crippen molar-refractivity contribution in [3.8, 4) is 5.82 Å². The maximum absolute atomic E-state index is 4.47. The highest BCUT2D eigenvalue weighted by molar-refractivity contribution is 5.93. The van der Waals surface area contributed by atoms with Gasteiger partial charge in [0.15, 0.2) is 0 Å². The quantitative estimate of drug-likeness (QED) is 0.651. The summed E-state index contributed by atoms with van der Waals surface area (Å²) in [5.41, 5.74) is 5.04. The van der Waals surface area contributed by atoms with Crippen LogP contribution in [0.3, 0.4) is 0 Å². The van der Waals surface area contributed by atoms with Crippen LogP contribution >= 0.6 is 0 Å². The first kappa shape index (κ1) is 12.7. The number of hydrogen-bond acceptors (Lipinski definition) is 1. The van der Waals surface area contributed by atoms with E-state index in [4.69, 9.17) is 0 Å². The van der Waals surface area contributed by atoms with Gasteiger partial charge in [0.25, 0.3) is 0 Å². The first-order valence-electron chi connectivity index (χ1n) is 6.84. The van der Waals surface area contributed by atoms with Gasteiger partial charge in [0.05, 0.1) is 5.52 Å². The van der Waals surface area contributed by atoms with Crippen LogP contribution in [0.25, 0.3) is 22.8 Å². The van der Waals surface area contributed by atoms with Crippen LogP contribution in [0, 0.1) is 6.92 Å². The average Bonchev–Trinajstić information content (AvgIpc) is 2.79. The molecule has 0 spiro atoms. The van der Waals surface area contributed by atoms with E-state index in [2.05, 4.69) is 60.8 Å². The summed E-state index contributed by atoms with van der Waals surface area (Å²) < 4.78 is 2.18. The first-order chi connectivity index (χ1) is 9.66. The second kappa shape index (κ2) is 4.97. The summed E-state index contributed by atoms with van der Waals surface area (Å²) in [5, 5.41) is 1.27. The highest BCUT2D eigenvalue weighted by Crippen LogP contribution is 2.28. The Morgan fingerprint density at radius 1 is 1.10 bits per heavy atom. The van der Waals surface area contributed by atoms with E-state index in [0.29, 0.717) is 0 Å². The summed E-state index contributed by atoms with van der Waals surface area (Å²) in [6, 6.07) is 12.4. The number of aromatic nitrogens is 2. The molecule has 0 amide bonds. The number of aryl methyl sites for hydroxylation is 1. The van der Waals surface area contributed by atoms with Crippen molar-refractivity contribution in [2.75, 3.05) is 0 Å². The number of benzene rings is 1. The number of fused-ring (bicyclic) bond motifs is 1. The first-order valence-corrected chi connectivity index (χ1v) is 6.84. The molecule has 0 unspecified atom stereocenters. The van der Waals surface area contributed by atoms with Gasteiger partial charge in [-0.05, 0) is 38.5 Å². The third kappa shape index (κ3) is 2.14. The van der Waals surface area contributed by atoms with E-state index in [1.807, 2.05) is 24.4 Å². The third-order valence-electron chi connectivity index (χ3n) is 3.40. The molecule has 0 fully saturated rings. The summed E-state index contributed by atoms with van der Waals surface area (Å²) in [6.45, 7) is 6.40. The molecule has 0 N–H and O–H groups in total. The Bertz CT molecular complexity index is 776. The maximum Gasteiger partial charge on any atom is 0.137 e. The van der Waals surface area contributed by atoms with E-state index in [1.54, 1.807) is 0 Å². The molecule has 1 aromatic carbocycles. The monoisotopic (exact) mass is 262 g/mol. The fraction of sp³-hybridized carbons (Fsp3) is 0.167. The lowest BCUT2D eigenvalue weighted by Gasteiger charge is -2.05. The van der Waals surface area contributed by atoms with Gasteiger partial charge < -0.3 is 4.57 Å². The number of allylic oxidation sites excluding steroid dienone is 1. The Hall–Kier alpha value is -2.35. The van der Waals surface area contributed by atoms with Crippen LogP contribution in [-0.4, -0.2) is 9.55 Å². The normalized spacial score (nSPS) is 10.8. The Balaban J connectivity index is 2.36. The molecule has 0 bridgehead atoms. The lowest BCUT2D eigenvalue weighted by atomic mass is 10.1. The summed E-state index contributed by atoms with van der Waals surface area (Å²) in [7, 11) is 0. The highest BCUT2D eigenvalue weighted by atomic mass is 15.0. The van der Waals surface area contributed by atoms with Crippen LogP contribution in [0.4, 0.5) is 0 Å². The molecule has 0 aliphatic rings. The van der Waals surface area contributed by atoms with Gasteiger partial charge in [-0.15, -0.1) is 0 Å². The summed E-state index contributed by atoms with van der Waals surface area (Å²) >= 11 is 0. The second-order valence-corrected chi connectivity index (χ2v) is 5.34. The van der Waals surface area contributed by atoms with Gasteiger partial charge in [-0.1, -0.05) is 35.9 Å². The summed E-state index contributed by atoms with van der Waals surface area (Å²) in [5.74, 6) is 0.959. The number of hydrogen-bond donors (Lipinski definition) is 0. The summed E-state index contributed by atoms with van der Waals surface area (Å²) in [6.07, 6.45) is 6.23. The fourth-order valence-corrected chi connectivity index (χ4v) is 2.59. The minimum absolute atomic E-state index is 0.959. The number of nitrogens with zero attached hydrogens (tertiary/aromatic N) is 2. The lowest BCUT2D eigenvalue weighted by Crippen LogP contribution is -1.95. The molecule has 0 radical (unpaired) electrons. The molecule has 3 aromatic rings. The van der Waals surface area contributed by atoms with Crippen molar-refractivity contribution in [3.63, 3.8) is 0 Å². The van der Waals surface area contributed by atoms with E-state index in [9.17, 15) is 0 Å². The van der Waals surface area contributed by atoms with E-state index in [1.165, 1.54) is 27.6 Å². The molecular formula is C18H18N2. The van der Waals surface area contributed by atoms with Gasteiger partial charge >= 0.3 is 0 Å². The Kier molecular flexibility index (Phi) is 3.15. The SMILES string of the molecule is CC(C)=Cc1cn(-c2ccccn2)c2c(C)cccc12. The molecule has 2 heterocycles. The molecule has 0 saturated carbocycles. The molecule has 100 valence electrons. The van der Waals surface area contributed by atoms with Crippen LogP contribution in [0.1, 0.15) is 25.0 Å². The van der Waals surface area contributed by atoms with Crippen molar-refractivity contribution in [3.05, 3.63) is 65.5 Å². The van der Waals surface area contributed by atoms with Crippen molar-refractivity contribution < 1.29 is 0 Å². The number of pyridine rings is 1. The molecule has 0 aliphatic carbocycles. The predicted octanol–water partition coefficient (Wildman–Crippen LogP) is 4.76. The molecule has 2 nitrogen and oxygen atoms in total. The smallest absolute Gasteiger partial charge is 0.137 e. The molecule has 2 aromatic heterocycles. The Morgan fingerprint density at radius 3 is 2.65 bits per heavy atom. The zero-order chi connectivity index (χ0) is 14.1. The van der Waals surface area contributed by atoms with Crippen molar-refractivity contribution >= 4 is 17.0 Å². The van der Waals surface area contributed by atoms with Gasteiger partial charge in [0, 0.05) is 23.3 Å². The van der Waals surface area contributed by atoms with Crippen molar-refractivity contribution in [1.82, 2.24) is 9.55 Å². The van der Waals surface area contributed by atoms with Gasteiger partial charge in [-0.3, -0.25) is 0 Å². The minimum atomic E-state index is 0.959. The van der Waals surface area contributed by atoms with Crippen LogP contribution in [-0.2, 0) is 0 Å². The van der Waals surface area contributed by atoms with E-state index in [-0.39, 0.29) is 0 Å². The molecular weight excluding hydrogens is 244 g/mol. The predicted molar refractivity (Wildman–Crippen MR) is 85.1 cm³/mol. The fourth-order valence-electron chi connectivity index (χ4n) is 2.59. The lowest BCUT2D eigenvalue weighted by molar-refractivity contribution is 1.04. The van der Waals surface area contributed by atoms with Crippen LogP contribution in [0.15, 0.2) is 54.4 Å². The third-order valence-corrected chi connectivity index (χ3v) is 3.40. The summed E-state index contributed by atoms with van der Waals surface area (Å²) in [4.78, 5) is 4.47. The van der Waals surface area contributed by atoms with E-state index < -0.39 is 0 Å². The van der Waals surface area contributed by atoms with Gasteiger partial charge in [-0.2, -0.15) is 0 Å². The largest absolute Gasteiger partial charge is 0.300 e. The second-order valence-electron chi connectivity index (χ2n) is 5.34. The van der Waals surface area contributed by atoms with Gasteiger partial charge in [0.2, 0.25) is 0 Å². The standard InChI is InChI=1S/C18H18N2/c1-13(2)11-15-12-20(17-9-4-5-10-19-17)18-14(3)7-6-8-16(15)18/h4-12H,1-3H3. The van der Waals surface area contributed by atoms with Gasteiger partial charge in [0.1, 0.15) is 5.82 Å². The highest BCUT2D eigenvalue weighted by Gasteiger charge is 2.10.